The maximum absolute atomic E-state index is 12.6. The van der Waals surface area contributed by atoms with Crippen molar-refractivity contribution in [2.24, 2.45) is 0 Å². The fraction of sp³-hybridized carbons (Fsp3) is 0.227. The number of rotatable bonds is 7. The number of amides is 3. The number of thiazole rings is 1. The molecule has 30 heavy (non-hydrogen) atoms. The van der Waals surface area contributed by atoms with Gasteiger partial charge in [-0.25, -0.2) is 4.98 Å². The summed E-state index contributed by atoms with van der Waals surface area (Å²) in [5.74, 6) is -0.937. The van der Waals surface area contributed by atoms with Crippen molar-refractivity contribution in [2.75, 3.05) is 6.54 Å². The fourth-order valence-electron chi connectivity index (χ4n) is 3.26. The van der Waals surface area contributed by atoms with Crippen molar-refractivity contribution in [1.29, 1.82) is 0 Å². The van der Waals surface area contributed by atoms with Crippen LogP contribution in [0, 0.1) is 0 Å². The van der Waals surface area contributed by atoms with Crippen molar-refractivity contribution in [3.05, 3.63) is 69.8 Å². The topological polar surface area (TPSA) is 92.3 Å². The second kappa shape index (κ2) is 8.54. The molecule has 7 nitrogen and oxygen atoms in total. The third-order valence-corrected chi connectivity index (χ3v) is 5.74. The molecule has 0 atom stereocenters. The predicted octanol–water partition coefficient (Wildman–Crippen LogP) is 3.53. The van der Waals surface area contributed by atoms with Crippen LogP contribution in [0.4, 0.5) is 0 Å². The first-order valence-corrected chi connectivity index (χ1v) is 10.6. The lowest BCUT2D eigenvalue weighted by Crippen LogP contribution is -2.30. The summed E-state index contributed by atoms with van der Waals surface area (Å²) in [6, 6.07) is 8.39. The van der Waals surface area contributed by atoms with Gasteiger partial charge in [-0.05, 0) is 36.8 Å². The Hall–Kier alpha value is -3.39. The van der Waals surface area contributed by atoms with E-state index < -0.39 is 0 Å². The Bertz CT molecular complexity index is 1110. The Morgan fingerprint density at radius 2 is 1.87 bits per heavy atom. The number of benzene rings is 1. The summed E-state index contributed by atoms with van der Waals surface area (Å²) in [7, 11) is 0. The van der Waals surface area contributed by atoms with Gasteiger partial charge in [0.25, 0.3) is 17.7 Å². The Morgan fingerprint density at radius 3 is 2.63 bits per heavy atom. The van der Waals surface area contributed by atoms with E-state index in [2.05, 4.69) is 15.3 Å². The van der Waals surface area contributed by atoms with Crippen LogP contribution in [0.1, 0.15) is 55.8 Å². The SMILES string of the molecule is CCCCN1C(=O)c2ccc(C(=O)NCc3nc(-c4ccncc4)cs3)cc2C1=O. The smallest absolute Gasteiger partial charge is 0.261 e. The molecule has 2 aromatic heterocycles. The summed E-state index contributed by atoms with van der Waals surface area (Å²) >= 11 is 1.46. The molecule has 1 aromatic carbocycles. The number of imide groups is 1. The van der Waals surface area contributed by atoms with Crippen molar-refractivity contribution in [2.45, 2.75) is 26.3 Å². The zero-order valence-corrected chi connectivity index (χ0v) is 17.2. The largest absolute Gasteiger partial charge is 0.346 e. The molecular weight excluding hydrogens is 400 g/mol. The molecule has 1 aliphatic heterocycles. The second-order valence-corrected chi connectivity index (χ2v) is 7.86. The van der Waals surface area contributed by atoms with Gasteiger partial charge in [0.05, 0.1) is 23.4 Å². The van der Waals surface area contributed by atoms with Crippen LogP contribution in [0.5, 0.6) is 0 Å². The molecule has 0 radical (unpaired) electrons. The van der Waals surface area contributed by atoms with E-state index >= 15 is 0 Å². The van der Waals surface area contributed by atoms with E-state index in [1.807, 2.05) is 24.4 Å². The summed E-state index contributed by atoms with van der Waals surface area (Å²) in [5.41, 5.74) is 2.79. The molecule has 8 heteroatoms. The van der Waals surface area contributed by atoms with Gasteiger partial charge in [-0.2, -0.15) is 0 Å². The van der Waals surface area contributed by atoms with Crippen LogP contribution in [-0.2, 0) is 6.54 Å². The third kappa shape index (κ3) is 3.86. The second-order valence-electron chi connectivity index (χ2n) is 6.92. The number of carbonyl (C=O) groups excluding carboxylic acids is 3. The van der Waals surface area contributed by atoms with E-state index in [4.69, 9.17) is 0 Å². The molecule has 3 amide bonds. The van der Waals surface area contributed by atoms with Gasteiger partial charge in [0, 0.05) is 35.4 Å². The maximum atomic E-state index is 12.6. The van der Waals surface area contributed by atoms with Gasteiger partial charge in [-0.1, -0.05) is 13.3 Å². The molecule has 0 aliphatic carbocycles. The first-order chi connectivity index (χ1) is 14.6. The summed E-state index contributed by atoms with van der Waals surface area (Å²) in [5, 5.41) is 5.53. The average Bonchev–Trinajstić information content (AvgIpc) is 3.35. The molecule has 1 N–H and O–H groups in total. The number of hydrogen-bond acceptors (Lipinski definition) is 6. The molecule has 3 heterocycles. The highest BCUT2D eigenvalue weighted by Gasteiger charge is 2.35. The summed E-state index contributed by atoms with van der Waals surface area (Å²) in [4.78, 5) is 47.4. The molecule has 3 aromatic rings. The Kier molecular flexibility index (Phi) is 5.67. The van der Waals surface area contributed by atoms with E-state index in [1.54, 1.807) is 24.5 Å². The van der Waals surface area contributed by atoms with Crippen molar-refractivity contribution < 1.29 is 14.4 Å². The molecule has 0 bridgehead atoms. The fourth-order valence-corrected chi connectivity index (χ4v) is 4.00. The van der Waals surface area contributed by atoms with E-state index in [9.17, 15) is 14.4 Å². The average molecular weight is 420 g/mol. The Morgan fingerprint density at radius 1 is 1.10 bits per heavy atom. The number of nitrogens with zero attached hydrogens (tertiary/aromatic N) is 3. The number of hydrogen-bond donors (Lipinski definition) is 1. The lowest BCUT2D eigenvalue weighted by Gasteiger charge is -2.12. The van der Waals surface area contributed by atoms with E-state index in [0.29, 0.717) is 17.7 Å². The van der Waals surface area contributed by atoms with Crippen molar-refractivity contribution in [3.63, 3.8) is 0 Å². The third-order valence-electron chi connectivity index (χ3n) is 4.90. The van der Waals surface area contributed by atoms with E-state index in [1.165, 1.54) is 22.3 Å². The van der Waals surface area contributed by atoms with Crippen LogP contribution in [0.15, 0.2) is 48.1 Å². The molecule has 0 saturated heterocycles. The number of aromatic nitrogens is 2. The lowest BCUT2D eigenvalue weighted by molar-refractivity contribution is 0.0652. The van der Waals surface area contributed by atoms with Crippen LogP contribution in [0.25, 0.3) is 11.3 Å². The van der Waals surface area contributed by atoms with Crippen molar-refractivity contribution in [3.8, 4) is 11.3 Å². The number of unbranched alkanes of at least 4 members (excludes halogenated alkanes) is 1. The number of pyridine rings is 1. The van der Waals surface area contributed by atoms with E-state index in [-0.39, 0.29) is 29.8 Å². The van der Waals surface area contributed by atoms with Crippen molar-refractivity contribution >= 4 is 29.1 Å². The predicted molar refractivity (Wildman–Crippen MR) is 113 cm³/mol. The highest BCUT2D eigenvalue weighted by atomic mass is 32.1. The van der Waals surface area contributed by atoms with Crippen LogP contribution >= 0.6 is 11.3 Å². The first kappa shape index (κ1) is 19.9. The summed E-state index contributed by atoms with van der Waals surface area (Å²) < 4.78 is 0. The molecule has 0 unspecified atom stereocenters. The number of fused-ring (bicyclic) bond motifs is 1. The van der Waals surface area contributed by atoms with Crippen molar-refractivity contribution in [1.82, 2.24) is 20.2 Å². The lowest BCUT2D eigenvalue weighted by atomic mass is 10.1. The highest BCUT2D eigenvalue weighted by molar-refractivity contribution is 7.09. The van der Waals surface area contributed by atoms with Gasteiger partial charge in [0.15, 0.2) is 0 Å². The summed E-state index contributed by atoms with van der Waals surface area (Å²) in [6.07, 6.45) is 5.06. The van der Waals surface area contributed by atoms with Gasteiger partial charge in [-0.15, -0.1) is 11.3 Å². The highest BCUT2D eigenvalue weighted by Crippen LogP contribution is 2.25. The minimum Gasteiger partial charge on any atom is -0.346 e. The maximum Gasteiger partial charge on any atom is 0.261 e. The molecular formula is C22H20N4O3S. The van der Waals surface area contributed by atoms with Crippen LogP contribution in [0.2, 0.25) is 0 Å². The zero-order chi connectivity index (χ0) is 21.1. The molecule has 152 valence electrons. The number of carbonyl (C=O) groups is 3. The molecule has 0 fully saturated rings. The standard InChI is InChI=1S/C22H20N4O3S/c1-2-3-10-26-21(28)16-5-4-15(11-17(16)22(26)29)20(27)24-12-19-25-18(13-30-19)14-6-8-23-9-7-14/h4-9,11,13H,2-3,10,12H2,1H3,(H,24,27). The molecule has 1 aliphatic rings. The van der Waals surface area contributed by atoms with Gasteiger partial charge >= 0.3 is 0 Å². The van der Waals surface area contributed by atoms with Crippen LogP contribution < -0.4 is 5.32 Å². The molecule has 0 spiro atoms. The minimum absolute atomic E-state index is 0.279. The monoisotopic (exact) mass is 420 g/mol. The first-order valence-electron chi connectivity index (χ1n) is 9.71. The van der Waals surface area contributed by atoms with Crippen LogP contribution in [0.3, 0.4) is 0 Å². The normalized spacial score (nSPS) is 12.9. The molecule has 4 rings (SSSR count). The number of nitrogens with one attached hydrogen (secondary N) is 1. The van der Waals surface area contributed by atoms with Gasteiger partial charge in [-0.3, -0.25) is 24.3 Å². The van der Waals surface area contributed by atoms with Gasteiger partial charge in [0.1, 0.15) is 5.01 Å². The summed E-state index contributed by atoms with van der Waals surface area (Å²) in [6.45, 7) is 2.68. The Labute approximate surface area is 177 Å². The Balaban J connectivity index is 1.43. The van der Waals surface area contributed by atoms with E-state index in [0.717, 1.165) is 29.1 Å². The zero-order valence-electron chi connectivity index (χ0n) is 16.4. The quantitative estimate of drug-likeness (QED) is 0.591. The van der Waals surface area contributed by atoms with Gasteiger partial charge in [0.2, 0.25) is 0 Å². The minimum atomic E-state index is -0.333. The van der Waals surface area contributed by atoms with Crippen LogP contribution in [-0.4, -0.2) is 39.1 Å². The van der Waals surface area contributed by atoms with Gasteiger partial charge < -0.3 is 5.32 Å². The molecule has 0 saturated carbocycles.